The highest BCUT2D eigenvalue weighted by atomic mass is 16.7. The summed E-state index contributed by atoms with van der Waals surface area (Å²) >= 11 is 0. The summed E-state index contributed by atoms with van der Waals surface area (Å²) in [6.45, 7) is 23.3. The van der Waals surface area contributed by atoms with E-state index < -0.39 is 0 Å². The first kappa shape index (κ1) is 34.4. The zero-order valence-electron chi connectivity index (χ0n) is 28.3. The molecule has 2 heterocycles. The molecule has 0 aliphatic carbocycles. The first-order chi connectivity index (χ1) is 20.1. The lowest BCUT2D eigenvalue weighted by Crippen LogP contribution is -2.39. The number of hydrogen-bond donors (Lipinski definition) is 0. The molecule has 0 N–H and O–H groups in total. The van der Waals surface area contributed by atoms with Gasteiger partial charge in [0.2, 0.25) is 0 Å². The molecule has 1 unspecified atom stereocenters. The van der Waals surface area contributed by atoms with Gasteiger partial charge in [-0.1, -0.05) is 34.9 Å². The van der Waals surface area contributed by atoms with Gasteiger partial charge in [-0.05, 0) is 125 Å². The van der Waals surface area contributed by atoms with Crippen LogP contribution >= 0.6 is 0 Å². The third-order valence-corrected chi connectivity index (χ3v) is 8.86. The van der Waals surface area contributed by atoms with Crippen LogP contribution in [-0.2, 0) is 22.4 Å². The summed E-state index contributed by atoms with van der Waals surface area (Å²) in [5, 5.41) is 0. The maximum absolute atomic E-state index is 6.89. The predicted octanol–water partition coefficient (Wildman–Crippen LogP) is 9.53. The third kappa shape index (κ3) is 9.99. The Bertz CT molecular complexity index is 1110. The SMILES string of the molecule is CCOC(CCN1COc2c(C)c(C)c3c(c2C1)CCC(C)(CCC=C(C)CCC=C(C)CCC=C(C)C)O3)OCC. The first-order valence-electron chi connectivity index (χ1n) is 16.4. The van der Waals surface area contributed by atoms with Crippen molar-refractivity contribution in [3.05, 3.63) is 57.2 Å². The Morgan fingerprint density at radius 3 is 2.14 bits per heavy atom. The fourth-order valence-electron chi connectivity index (χ4n) is 6.10. The minimum Gasteiger partial charge on any atom is -0.487 e. The van der Waals surface area contributed by atoms with Crippen molar-refractivity contribution in [3.63, 3.8) is 0 Å². The average molecular weight is 582 g/mol. The number of nitrogens with zero attached hydrogens (tertiary/aromatic N) is 1. The Balaban J connectivity index is 1.59. The molecule has 1 atom stereocenters. The Kier molecular flexibility index (Phi) is 13.7. The zero-order valence-corrected chi connectivity index (χ0v) is 28.3. The summed E-state index contributed by atoms with van der Waals surface area (Å²) in [6, 6.07) is 0. The second-order valence-electron chi connectivity index (χ2n) is 12.9. The minimum atomic E-state index is -0.157. The minimum absolute atomic E-state index is 0.145. The summed E-state index contributed by atoms with van der Waals surface area (Å²) in [6.07, 6.45) is 16.6. The molecule has 0 fully saturated rings. The van der Waals surface area contributed by atoms with Gasteiger partial charge in [0.25, 0.3) is 0 Å². The van der Waals surface area contributed by atoms with Crippen LogP contribution in [0.25, 0.3) is 0 Å². The number of allylic oxidation sites excluding steroid dienone is 6. The molecule has 5 nitrogen and oxygen atoms in total. The molecule has 1 aromatic carbocycles. The molecule has 0 saturated carbocycles. The van der Waals surface area contributed by atoms with E-state index in [9.17, 15) is 0 Å². The number of fused-ring (bicyclic) bond motifs is 3. The molecule has 1 aromatic rings. The normalized spacial score (nSPS) is 19.3. The van der Waals surface area contributed by atoms with E-state index in [4.69, 9.17) is 18.9 Å². The molecule has 0 bridgehead atoms. The molecule has 0 saturated heterocycles. The second kappa shape index (κ2) is 16.7. The molecular formula is C37H59NO4. The Labute approximate surface area is 257 Å². The molecule has 0 radical (unpaired) electrons. The van der Waals surface area contributed by atoms with Gasteiger partial charge in [-0.15, -0.1) is 0 Å². The standard InChI is InChI=1S/C37H59NO4/c1-10-39-34(40-11-2)21-24-38-25-33-32-20-23-37(9,42-36(32)31(8)30(7)35(33)41-26-38)22-14-19-29(6)18-13-17-28(5)16-12-15-27(3)4/h15,17,19,34H,10-14,16,18,20-26H2,1-9H3. The number of benzene rings is 1. The summed E-state index contributed by atoms with van der Waals surface area (Å²) in [7, 11) is 0. The van der Waals surface area contributed by atoms with Crippen LogP contribution in [0.5, 0.6) is 11.5 Å². The molecular weight excluding hydrogens is 522 g/mol. The van der Waals surface area contributed by atoms with Gasteiger partial charge in [-0.2, -0.15) is 0 Å². The van der Waals surface area contributed by atoms with Crippen molar-refractivity contribution in [2.24, 2.45) is 0 Å². The van der Waals surface area contributed by atoms with Gasteiger partial charge in [-0.3, -0.25) is 4.90 Å². The van der Waals surface area contributed by atoms with Gasteiger partial charge in [0.1, 0.15) is 23.8 Å². The van der Waals surface area contributed by atoms with Gasteiger partial charge in [0.05, 0.1) is 0 Å². The quantitative estimate of drug-likeness (QED) is 0.144. The summed E-state index contributed by atoms with van der Waals surface area (Å²) < 4.78 is 24.8. The molecule has 2 aliphatic rings. The lowest BCUT2D eigenvalue weighted by molar-refractivity contribution is -0.143. The molecule has 5 heteroatoms. The fraction of sp³-hybridized carbons (Fsp3) is 0.676. The van der Waals surface area contributed by atoms with Crippen LogP contribution < -0.4 is 9.47 Å². The van der Waals surface area contributed by atoms with E-state index in [0.717, 1.165) is 76.0 Å². The van der Waals surface area contributed by atoms with Crippen molar-refractivity contribution in [1.82, 2.24) is 4.90 Å². The lowest BCUT2D eigenvalue weighted by Gasteiger charge is -2.40. The van der Waals surface area contributed by atoms with E-state index in [1.807, 2.05) is 13.8 Å². The van der Waals surface area contributed by atoms with E-state index in [2.05, 4.69) is 71.6 Å². The highest BCUT2D eigenvalue weighted by molar-refractivity contribution is 5.60. The topological polar surface area (TPSA) is 40.2 Å². The summed E-state index contributed by atoms with van der Waals surface area (Å²) in [5.41, 5.74) is 9.36. The largest absolute Gasteiger partial charge is 0.487 e. The second-order valence-corrected chi connectivity index (χ2v) is 12.9. The molecule has 42 heavy (non-hydrogen) atoms. The molecule has 0 spiro atoms. The van der Waals surface area contributed by atoms with Crippen LogP contribution in [0, 0.1) is 13.8 Å². The Morgan fingerprint density at radius 1 is 0.881 bits per heavy atom. The van der Waals surface area contributed by atoms with Crippen LogP contribution in [0.2, 0.25) is 0 Å². The monoisotopic (exact) mass is 581 g/mol. The molecule has 3 rings (SSSR count). The number of hydrogen-bond acceptors (Lipinski definition) is 5. The van der Waals surface area contributed by atoms with Crippen molar-refractivity contribution < 1.29 is 18.9 Å². The summed E-state index contributed by atoms with van der Waals surface area (Å²) in [4.78, 5) is 2.36. The van der Waals surface area contributed by atoms with Crippen molar-refractivity contribution >= 4 is 0 Å². The maximum Gasteiger partial charge on any atom is 0.158 e. The van der Waals surface area contributed by atoms with Gasteiger partial charge < -0.3 is 18.9 Å². The van der Waals surface area contributed by atoms with Gasteiger partial charge in [0, 0.05) is 43.9 Å². The van der Waals surface area contributed by atoms with Crippen molar-refractivity contribution in [2.75, 3.05) is 26.5 Å². The first-order valence-corrected chi connectivity index (χ1v) is 16.4. The zero-order chi connectivity index (χ0) is 30.7. The smallest absolute Gasteiger partial charge is 0.158 e. The molecule has 0 amide bonds. The molecule has 0 aromatic heterocycles. The maximum atomic E-state index is 6.89. The van der Waals surface area contributed by atoms with Crippen molar-refractivity contribution in [2.45, 2.75) is 139 Å². The van der Waals surface area contributed by atoms with E-state index in [-0.39, 0.29) is 11.9 Å². The van der Waals surface area contributed by atoms with Crippen LogP contribution in [0.4, 0.5) is 0 Å². The fourth-order valence-corrected chi connectivity index (χ4v) is 6.10. The Morgan fingerprint density at radius 2 is 1.50 bits per heavy atom. The van der Waals surface area contributed by atoms with E-state index >= 15 is 0 Å². The van der Waals surface area contributed by atoms with E-state index in [0.29, 0.717) is 19.9 Å². The number of ether oxygens (including phenoxy) is 4. The Hall–Kier alpha value is -2.08. The average Bonchev–Trinajstić information content (AvgIpc) is 2.94. The predicted molar refractivity (Wildman–Crippen MR) is 175 cm³/mol. The van der Waals surface area contributed by atoms with Crippen LogP contribution in [-0.4, -0.2) is 43.3 Å². The highest BCUT2D eigenvalue weighted by Crippen LogP contribution is 2.46. The van der Waals surface area contributed by atoms with Crippen molar-refractivity contribution in [1.29, 1.82) is 0 Å². The van der Waals surface area contributed by atoms with E-state index in [1.165, 1.54) is 45.4 Å². The van der Waals surface area contributed by atoms with Gasteiger partial charge in [0.15, 0.2) is 6.29 Å². The molecule has 236 valence electrons. The summed E-state index contributed by atoms with van der Waals surface area (Å²) in [5.74, 6) is 2.17. The van der Waals surface area contributed by atoms with Gasteiger partial charge in [-0.25, -0.2) is 0 Å². The van der Waals surface area contributed by atoms with Crippen LogP contribution in [0.3, 0.4) is 0 Å². The highest BCUT2D eigenvalue weighted by Gasteiger charge is 2.36. The van der Waals surface area contributed by atoms with Crippen LogP contribution in [0.1, 0.15) is 122 Å². The third-order valence-electron chi connectivity index (χ3n) is 8.86. The molecule has 2 aliphatic heterocycles. The van der Waals surface area contributed by atoms with Crippen molar-refractivity contribution in [3.8, 4) is 11.5 Å². The lowest BCUT2D eigenvalue weighted by atomic mass is 9.84. The number of rotatable bonds is 16. The van der Waals surface area contributed by atoms with Crippen LogP contribution in [0.15, 0.2) is 34.9 Å². The van der Waals surface area contributed by atoms with E-state index in [1.54, 1.807) is 0 Å². The van der Waals surface area contributed by atoms with Gasteiger partial charge >= 0.3 is 0 Å².